The molecule has 3 aromatic heterocycles. The standard InChI is InChI=1S/C23H26F3N5O3/c1-34-16-10-19-17(28-13-16)3-5-22(33)31(19)9-8-30-7-6-18(20(32)14-30)27-11-15-2-4-21(29-12-15)23(24,25)26/h2-5,10,12-13,18,20,27,32H,6-9,11,14H2,1H3/t18?,20-/m1/s1. The molecular formula is C23H26F3N5O3. The summed E-state index contributed by atoms with van der Waals surface area (Å²) in [5, 5.41) is 13.8. The van der Waals surface area contributed by atoms with Crippen LogP contribution in [0.1, 0.15) is 17.7 Å². The van der Waals surface area contributed by atoms with Crippen LogP contribution in [0, 0.1) is 0 Å². The number of rotatable bonds is 7. The second kappa shape index (κ2) is 10.1. The van der Waals surface area contributed by atoms with Gasteiger partial charge in [-0.15, -0.1) is 0 Å². The third-order valence-corrected chi connectivity index (χ3v) is 6.04. The Morgan fingerprint density at radius 1 is 1.18 bits per heavy atom. The average Bonchev–Trinajstić information content (AvgIpc) is 2.82. The third kappa shape index (κ3) is 5.54. The van der Waals surface area contributed by atoms with Gasteiger partial charge in [-0.1, -0.05) is 6.07 Å². The van der Waals surface area contributed by atoms with Crippen LogP contribution in [0.4, 0.5) is 13.2 Å². The van der Waals surface area contributed by atoms with Gasteiger partial charge in [-0.3, -0.25) is 19.7 Å². The van der Waals surface area contributed by atoms with Gasteiger partial charge < -0.3 is 19.7 Å². The van der Waals surface area contributed by atoms with Crippen LogP contribution >= 0.6 is 0 Å². The van der Waals surface area contributed by atoms with Crippen LogP contribution in [0.15, 0.2) is 47.5 Å². The summed E-state index contributed by atoms with van der Waals surface area (Å²) < 4.78 is 44.8. The van der Waals surface area contributed by atoms with Crippen LogP contribution in [0.25, 0.3) is 11.0 Å². The first kappa shape index (κ1) is 24.1. The molecular weight excluding hydrogens is 451 g/mol. The van der Waals surface area contributed by atoms with E-state index in [0.29, 0.717) is 61.5 Å². The van der Waals surface area contributed by atoms with Crippen molar-refractivity contribution < 1.29 is 23.0 Å². The summed E-state index contributed by atoms with van der Waals surface area (Å²) in [5.41, 5.74) is 0.936. The minimum absolute atomic E-state index is 0.134. The molecule has 34 heavy (non-hydrogen) atoms. The van der Waals surface area contributed by atoms with Crippen molar-refractivity contribution >= 4 is 11.0 Å². The summed E-state index contributed by atoms with van der Waals surface area (Å²) in [6.07, 6.45) is -1.65. The molecule has 1 unspecified atom stereocenters. The van der Waals surface area contributed by atoms with E-state index < -0.39 is 18.0 Å². The van der Waals surface area contributed by atoms with Gasteiger partial charge in [-0.25, -0.2) is 0 Å². The Morgan fingerprint density at radius 2 is 2.00 bits per heavy atom. The van der Waals surface area contributed by atoms with Gasteiger partial charge in [0.25, 0.3) is 5.56 Å². The number of nitrogens with one attached hydrogen (secondary N) is 1. The fourth-order valence-electron chi connectivity index (χ4n) is 4.12. The summed E-state index contributed by atoms with van der Waals surface area (Å²) in [6, 6.07) is 7.10. The molecule has 0 amide bonds. The molecule has 0 bridgehead atoms. The van der Waals surface area contributed by atoms with E-state index in [2.05, 4.69) is 20.2 Å². The highest BCUT2D eigenvalue weighted by molar-refractivity contribution is 5.75. The summed E-state index contributed by atoms with van der Waals surface area (Å²) in [6.45, 7) is 2.45. The van der Waals surface area contributed by atoms with Crippen molar-refractivity contribution in [3.8, 4) is 5.75 Å². The number of hydrogen-bond donors (Lipinski definition) is 2. The predicted molar refractivity (Wildman–Crippen MR) is 119 cm³/mol. The smallest absolute Gasteiger partial charge is 0.433 e. The average molecular weight is 477 g/mol. The third-order valence-electron chi connectivity index (χ3n) is 6.04. The van der Waals surface area contributed by atoms with Gasteiger partial charge >= 0.3 is 6.18 Å². The highest BCUT2D eigenvalue weighted by atomic mass is 19.4. The number of aliphatic hydroxyl groups excluding tert-OH is 1. The van der Waals surface area contributed by atoms with E-state index in [-0.39, 0.29) is 11.6 Å². The largest absolute Gasteiger partial charge is 0.495 e. The number of pyridine rings is 3. The lowest BCUT2D eigenvalue weighted by Crippen LogP contribution is -2.53. The quantitative estimate of drug-likeness (QED) is 0.538. The van der Waals surface area contributed by atoms with Crippen molar-refractivity contribution in [2.45, 2.75) is 37.8 Å². The number of halogens is 3. The van der Waals surface area contributed by atoms with Crippen LogP contribution in [0.5, 0.6) is 5.75 Å². The first-order valence-corrected chi connectivity index (χ1v) is 10.9. The number of likely N-dealkylation sites (tertiary alicyclic amines) is 1. The summed E-state index contributed by atoms with van der Waals surface area (Å²) in [5.74, 6) is 0.567. The maximum absolute atomic E-state index is 12.6. The molecule has 0 spiro atoms. The Labute approximate surface area is 194 Å². The summed E-state index contributed by atoms with van der Waals surface area (Å²) in [7, 11) is 1.54. The van der Waals surface area contributed by atoms with Crippen molar-refractivity contribution in [2.24, 2.45) is 0 Å². The molecule has 2 atom stereocenters. The van der Waals surface area contributed by atoms with Crippen LogP contribution in [-0.4, -0.2) is 63.4 Å². The van der Waals surface area contributed by atoms with Crippen LogP contribution in [0.2, 0.25) is 0 Å². The summed E-state index contributed by atoms with van der Waals surface area (Å²) >= 11 is 0. The molecule has 1 aliphatic rings. The Morgan fingerprint density at radius 3 is 2.68 bits per heavy atom. The molecule has 1 saturated heterocycles. The van der Waals surface area contributed by atoms with Gasteiger partial charge in [0.15, 0.2) is 0 Å². The second-order valence-corrected chi connectivity index (χ2v) is 8.30. The lowest BCUT2D eigenvalue weighted by molar-refractivity contribution is -0.141. The molecule has 1 fully saturated rings. The Balaban J connectivity index is 1.32. The fraction of sp³-hybridized carbons (Fsp3) is 0.435. The van der Waals surface area contributed by atoms with E-state index in [1.807, 2.05) is 0 Å². The fourth-order valence-corrected chi connectivity index (χ4v) is 4.12. The minimum Gasteiger partial charge on any atom is -0.495 e. The number of alkyl halides is 3. The minimum atomic E-state index is -4.46. The van der Waals surface area contributed by atoms with Crippen molar-refractivity contribution in [3.63, 3.8) is 0 Å². The highest BCUT2D eigenvalue weighted by Crippen LogP contribution is 2.27. The zero-order valence-electron chi connectivity index (χ0n) is 18.6. The van der Waals surface area contributed by atoms with Crippen LogP contribution in [0.3, 0.4) is 0 Å². The number of β-amino-alcohol motifs (C(OH)–C–C–N with tert-alkyl or cyclic N) is 1. The lowest BCUT2D eigenvalue weighted by Gasteiger charge is -2.36. The van der Waals surface area contributed by atoms with Crippen molar-refractivity contribution in [1.82, 2.24) is 24.8 Å². The maximum atomic E-state index is 12.6. The number of aliphatic hydroxyl groups is 1. The molecule has 2 N–H and O–H groups in total. The molecule has 0 radical (unpaired) electrons. The zero-order valence-corrected chi connectivity index (χ0v) is 18.6. The monoisotopic (exact) mass is 477 g/mol. The normalized spacial score (nSPS) is 19.4. The second-order valence-electron chi connectivity index (χ2n) is 8.30. The Hall–Kier alpha value is -3.02. The Kier molecular flexibility index (Phi) is 7.15. The Bertz CT molecular complexity index is 1180. The van der Waals surface area contributed by atoms with Gasteiger partial charge in [0.2, 0.25) is 0 Å². The number of piperidine rings is 1. The number of methoxy groups -OCH3 is 1. The van der Waals surface area contributed by atoms with E-state index in [0.717, 1.165) is 6.07 Å². The van der Waals surface area contributed by atoms with Crippen molar-refractivity contribution in [2.75, 3.05) is 26.7 Å². The van der Waals surface area contributed by atoms with E-state index in [4.69, 9.17) is 4.74 Å². The van der Waals surface area contributed by atoms with Crippen LogP contribution < -0.4 is 15.6 Å². The molecule has 0 saturated carbocycles. The molecule has 0 aliphatic carbocycles. The van der Waals surface area contributed by atoms with Gasteiger partial charge in [0.1, 0.15) is 11.4 Å². The number of ether oxygens (including phenoxy) is 1. The highest BCUT2D eigenvalue weighted by Gasteiger charge is 2.32. The van der Waals surface area contributed by atoms with E-state index in [1.165, 1.54) is 18.3 Å². The molecule has 4 heterocycles. The van der Waals surface area contributed by atoms with E-state index >= 15 is 0 Å². The first-order valence-electron chi connectivity index (χ1n) is 10.9. The topological polar surface area (TPSA) is 92.5 Å². The molecule has 1 aliphatic heterocycles. The van der Waals surface area contributed by atoms with Gasteiger partial charge in [0.05, 0.1) is 30.4 Å². The molecule has 0 aromatic carbocycles. The molecule has 3 aromatic rings. The molecule has 4 rings (SSSR count). The molecule has 182 valence electrons. The molecule has 8 nitrogen and oxygen atoms in total. The van der Waals surface area contributed by atoms with Crippen LogP contribution in [-0.2, 0) is 19.3 Å². The SMILES string of the molecule is COc1cnc2ccc(=O)n(CCN3CCC(NCc4ccc(C(F)(F)F)nc4)[C@H](O)C3)c2c1. The maximum Gasteiger partial charge on any atom is 0.433 e. The number of fused-ring (bicyclic) bond motifs is 1. The van der Waals surface area contributed by atoms with Gasteiger partial charge in [0, 0.05) is 50.6 Å². The predicted octanol–water partition coefficient (Wildman–Crippen LogP) is 2.04. The van der Waals surface area contributed by atoms with E-state index in [9.17, 15) is 23.1 Å². The summed E-state index contributed by atoms with van der Waals surface area (Å²) in [4.78, 5) is 22.3. The number of aromatic nitrogens is 3. The van der Waals surface area contributed by atoms with Crippen molar-refractivity contribution in [3.05, 3.63) is 64.3 Å². The zero-order chi connectivity index (χ0) is 24.3. The van der Waals surface area contributed by atoms with E-state index in [1.54, 1.807) is 30.0 Å². The lowest BCUT2D eigenvalue weighted by atomic mass is 10.0. The van der Waals surface area contributed by atoms with Crippen molar-refractivity contribution in [1.29, 1.82) is 0 Å². The van der Waals surface area contributed by atoms with Gasteiger partial charge in [-0.2, -0.15) is 13.2 Å². The van der Waals surface area contributed by atoms with Gasteiger partial charge in [-0.05, 0) is 30.7 Å². The number of hydrogen-bond acceptors (Lipinski definition) is 7. The number of nitrogens with zero attached hydrogens (tertiary/aromatic N) is 4. The molecule has 11 heteroatoms. The first-order chi connectivity index (χ1) is 16.2.